The van der Waals surface area contributed by atoms with Gasteiger partial charge in [-0.1, -0.05) is 18.2 Å². The van der Waals surface area contributed by atoms with Gasteiger partial charge < -0.3 is 15.8 Å². The van der Waals surface area contributed by atoms with Gasteiger partial charge in [-0.15, -0.1) is 0 Å². The zero-order valence-corrected chi connectivity index (χ0v) is 11.3. The fourth-order valence-electron chi connectivity index (χ4n) is 1.76. The minimum atomic E-state index is -0.191. The number of ether oxygens (including phenoxy) is 1. The summed E-state index contributed by atoms with van der Waals surface area (Å²) in [7, 11) is 0. The van der Waals surface area contributed by atoms with Crippen LogP contribution in [0.15, 0.2) is 42.6 Å². The Labute approximate surface area is 117 Å². The van der Waals surface area contributed by atoms with Gasteiger partial charge in [-0.05, 0) is 25.1 Å². The molecule has 0 radical (unpaired) electrons. The van der Waals surface area contributed by atoms with E-state index in [0.717, 1.165) is 11.3 Å². The number of carbonyl (C=O) groups excluding carboxylic acids is 1. The average molecular weight is 271 g/mol. The van der Waals surface area contributed by atoms with E-state index in [0.29, 0.717) is 24.5 Å². The standard InChI is InChI=1S/C15H17N3O2/c1-2-20-13-6-4-3-5-11(13)9-18-15(19)12-7-8-14(16)17-10-12/h3-8,10H,2,9H2,1H3,(H2,16,17)(H,18,19). The molecule has 2 aromatic rings. The fraction of sp³-hybridized carbons (Fsp3) is 0.200. The van der Waals surface area contributed by atoms with E-state index in [1.165, 1.54) is 6.20 Å². The number of benzene rings is 1. The summed E-state index contributed by atoms with van der Waals surface area (Å²) in [6.07, 6.45) is 1.46. The van der Waals surface area contributed by atoms with Crippen molar-refractivity contribution < 1.29 is 9.53 Å². The van der Waals surface area contributed by atoms with Crippen LogP contribution >= 0.6 is 0 Å². The number of para-hydroxylation sites is 1. The molecule has 5 nitrogen and oxygen atoms in total. The number of amides is 1. The van der Waals surface area contributed by atoms with Gasteiger partial charge in [0.25, 0.3) is 5.91 Å². The average Bonchev–Trinajstić information content (AvgIpc) is 2.47. The topological polar surface area (TPSA) is 77.2 Å². The van der Waals surface area contributed by atoms with Crippen molar-refractivity contribution >= 4 is 11.7 Å². The van der Waals surface area contributed by atoms with E-state index in [2.05, 4.69) is 10.3 Å². The van der Waals surface area contributed by atoms with E-state index in [9.17, 15) is 4.79 Å². The molecule has 0 atom stereocenters. The molecule has 3 N–H and O–H groups in total. The lowest BCUT2D eigenvalue weighted by Gasteiger charge is -2.10. The third kappa shape index (κ3) is 3.47. The van der Waals surface area contributed by atoms with E-state index < -0.39 is 0 Å². The van der Waals surface area contributed by atoms with Crippen LogP contribution in [0.1, 0.15) is 22.8 Å². The van der Waals surface area contributed by atoms with Gasteiger partial charge in [0.1, 0.15) is 11.6 Å². The van der Waals surface area contributed by atoms with Gasteiger partial charge >= 0.3 is 0 Å². The van der Waals surface area contributed by atoms with Crippen molar-refractivity contribution in [2.45, 2.75) is 13.5 Å². The van der Waals surface area contributed by atoms with E-state index in [4.69, 9.17) is 10.5 Å². The fourth-order valence-corrected chi connectivity index (χ4v) is 1.76. The number of carbonyl (C=O) groups is 1. The number of aromatic nitrogens is 1. The van der Waals surface area contributed by atoms with Gasteiger partial charge in [0, 0.05) is 18.3 Å². The second-order valence-corrected chi connectivity index (χ2v) is 4.20. The van der Waals surface area contributed by atoms with Crippen LogP contribution in [0, 0.1) is 0 Å². The first-order valence-corrected chi connectivity index (χ1v) is 6.41. The highest BCUT2D eigenvalue weighted by atomic mass is 16.5. The summed E-state index contributed by atoms with van der Waals surface area (Å²) >= 11 is 0. The predicted octanol–water partition coefficient (Wildman–Crippen LogP) is 1.99. The summed E-state index contributed by atoms with van der Waals surface area (Å²) in [6.45, 7) is 2.92. The SMILES string of the molecule is CCOc1ccccc1CNC(=O)c1ccc(N)nc1. The Bertz CT molecular complexity index is 582. The van der Waals surface area contributed by atoms with Gasteiger partial charge in [-0.2, -0.15) is 0 Å². The van der Waals surface area contributed by atoms with E-state index in [1.54, 1.807) is 12.1 Å². The number of nitrogen functional groups attached to an aromatic ring is 1. The number of rotatable bonds is 5. The van der Waals surface area contributed by atoms with Crippen LogP contribution in [-0.4, -0.2) is 17.5 Å². The lowest BCUT2D eigenvalue weighted by atomic mass is 10.2. The van der Waals surface area contributed by atoms with Gasteiger partial charge in [-0.25, -0.2) is 4.98 Å². The smallest absolute Gasteiger partial charge is 0.253 e. The summed E-state index contributed by atoms with van der Waals surface area (Å²) < 4.78 is 5.51. The minimum Gasteiger partial charge on any atom is -0.494 e. The molecule has 1 aromatic carbocycles. The lowest BCUT2D eigenvalue weighted by molar-refractivity contribution is 0.0950. The number of anilines is 1. The molecule has 0 spiro atoms. The summed E-state index contributed by atoms with van der Waals surface area (Å²) in [4.78, 5) is 15.9. The molecule has 0 aliphatic heterocycles. The highest BCUT2D eigenvalue weighted by molar-refractivity contribution is 5.94. The number of nitrogens with one attached hydrogen (secondary N) is 1. The van der Waals surface area contributed by atoms with Gasteiger partial charge in [-0.3, -0.25) is 4.79 Å². The number of nitrogens with two attached hydrogens (primary N) is 1. The Morgan fingerprint density at radius 1 is 1.30 bits per heavy atom. The maximum absolute atomic E-state index is 12.0. The number of nitrogens with zero attached hydrogens (tertiary/aromatic N) is 1. The Morgan fingerprint density at radius 3 is 2.80 bits per heavy atom. The Morgan fingerprint density at radius 2 is 2.10 bits per heavy atom. The maximum atomic E-state index is 12.0. The summed E-state index contributed by atoms with van der Waals surface area (Å²) in [5.41, 5.74) is 6.90. The molecule has 1 aromatic heterocycles. The molecule has 0 aliphatic rings. The zero-order valence-electron chi connectivity index (χ0n) is 11.3. The molecule has 20 heavy (non-hydrogen) atoms. The Balaban J connectivity index is 2.01. The Hall–Kier alpha value is -2.56. The van der Waals surface area contributed by atoms with Gasteiger partial charge in [0.15, 0.2) is 0 Å². The van der Waals surface area contributed by atoms with Crippen LogP contribution in [0.25, 0.3) is 0 Å². The quantitative estimate of drug-likeness (QED) is 0.872. The molecule has 0 bridgehead atoms. The largest absolute Gasteiger partial charge is 0.494 e. The molecule has 1 heterocycles. The van der Waals surface area contributed by atoms with Crippen molar-refractivity contribution in [1.29, 1.82) is 0 Å². The normalized spacial score (nSPS) is 10.1. The van der Waals surface area contributed by atoms with Gasteiger partial charge in [0.05, 0.1) is 12.2 Å². The van der Waals surface area contributed by atoms with E-state index in [1.807, 2.05) is 31.2 Å². The van der Waals surface area contributed by atoms with Crippen molar-refractivity contribution in [3.05, 3.63) is 53.7 Å². The van der Waals surface area contributed by atoms with Crippen molar-refractivity contribution in [3.63, 3.8) is 0 Å². The molecule has 1 amide bonds. The molecule has 0 saturated heterocycles. The first kappa shape index (κ1) is 13.9. The molecular weight excluding hydrogens is 254 g/mol. The highest BCUT2D eigenvalue weighted by Crippen LogP contribution is 2.17. The number of hydrogen-bond acceptors (Lipinski definition) is 4. The first-order valence-electron chi connectivity index (χ1n) is 6.41. The summed E-state index contributed by atoms with van der Waals surface area (Å²) in [5, 5.41) is 2.83. The molecule has 0 unspecified atom stereocenters. The molecule has 0 fully saturated rings. The van der Waals surface area contributed by atoms with Crippen molar-refractivity contribution in [2.24, 2.45) is 0 Å². The van der Waals surface area contributed by atoms with Crippen LogP contribution in [0.2, 0.25) is 0 Å². The maximum Gasteiger partial charge on any atom is 0.253 e. The third-order valence-corrected chi connectivity index (χ3v) is 2.76. The minimum absolute atomic E-state index is 0.191. The lowest BCUT2D eigenvalue weighted by Crippen LogP contribution is -2.23. The molecule has 0 saturated carbocycles. The second-order valence-electron chi connectivity index (χ2n) is 4.20. The predicted molar refractivity (Wildman–Crippen MR) is 77.4 cm³/mol. The summed E-state index contributed by atoms with van der Waals surface area (Å²) in [6, 6.07) is 10.9. The van der Waals surface area contributed by atoms with E-state index >= 15 is 0 Å². The van der Waals surface area contributed by atoms with E-state index in [-0.39, 0.29) is 5.91 Å². The number of hydrogen-bond donors (Lipinski definition) is 2. The molecule has 104 valence electrons. The van der Waals surface area contributed by atoms with Crippen LogP contribution in [0.3, 0.4) is 0 Å². The second kappa shape index (κ2) is 6.56. The molecular formula is C15H17N3O2. The molecule has 0 aliphatic carbocycles. The monoisotopic (exact) mass is 271 g/mol. The van der Waals surface area contributed by atoms with Crippen molar-refractivity contribution in [2.75, 3.05) is 12.3 Å². The third-order valence-electron chi connectivity index (χ3n) is 2.76. The number of pyridine rings is 1. The summed E-state index contributed by atoms with van der Waals surface area (Å²) in [5.74, 6) is 0.984. The highest BCUT2D eigenvalue weighted by Gasteiger charge is 2.07. The van der Waals surface area contributed by atoms with Crippen LogP contribution in [0.5, 0.6) is 5.75 Å². The first-order chi connectivity index (χ1) is 9.70. The molecule has 2 rings (SSSR count). The van der Waals surface area contributed by atoms with Crippen LogP contribution < -0.4 is 15.8 Å². The Kier molecular flexibility index (Phi) is 4.55. The van der Waals surface area contributed by atoms with Gasteiger partial charge in [0.2, 0.25) is 0 Å². The van der Waals surface area contributed by atoms with Crippen molar-refractivity contribution in [3.8, 4) is 5.75 Å². The van der Waals surface area contributed by atoms with Crippen LogP contribution in [0.4, 0.5) is 5.82 Å². The zero-order chi connectivity index (χ0) is 14.4. The molecule has 5 heteroatoms. The van der Waals surface area contributed by atoms with Crippen molar-refractivity contribution in [1.82, 2.24) is 10.3 Å². The van der Waals surface area contributed by atoms with Crippen LogP contribution in [-0.2, 0) is 6.54 Å².